The highest BCUT2D eigenvalue weighted by Gasteiger charge is 2.28. The normalized spacial score (nSPS) is 27.2. The zero-order chi connectivity index (χ0) is 13.8. The highest BCUT2D eigenvalue weighted by atomic mass is 79.9. The fourth-order valence-corrected chi connectivity index (χ4v) is 4.15. The largest absolute Gasteiger partial charge is 0.298 e. The van der Waals surface area contributed by atoms with Crippen LogP contribution >= 0.6 is 27.7 Å². The number of carbonyl (C=O) groups excluding carboxylic acids is 1. The Labute approximate surface area is 128 Å². The minimum absolute atomic E-state index is 0.297. The third kappa shape index (κ3) is 4.35. The molecular weight excluding hydrogens is 320 g/mol. The van der Waals surface area contributed by atoms with Crippen molar-refractivity contribution >= 4 is 33.5 Å². The third-order valence-electron chi connectivity index (χ3n) is 4.23. The maximum absolute atomic E-state index is 12.3. The quantitative estimate of drug-likeness (QED) is 0.702. The summed E-state index contributed by atoms with van der Waals surface area (Å²) in [4.78, 5) is 13.4. The van der Waals surface area contributed by atoms with Gasteiger partial charge in [-0.2, -0.15) is 0 Å². The van der Waals surface area contributed by atoms with Crippen molar-refractivity contribution in [1.82, 2.24) is 0 Å². The number of rotatable bonds is 4. The molecule has 0 bridgehead atoms. The molecule has 0 radical (unpaired) electrons. The van der Waals surface area contributed by atoms with Crippen LogP contribution in [-0.4, -0.2) is 11.5 Å². The molecule has 0 aliphatic heterocycles. The smallest absolute Gasteiger partial charge is 0.146 e. The second kappa shape index (κ2) is 6.94. The molecule has 19 heavy (non-hydrogen) atoms. The summed E-state index contributed by atoms with van der Waals surface area (Å²) in [6.07, 6.45) is 3.38. The number of Topliss-reactive ketones (excluding diaryl/α,β-unsaturated/α-hetero) is 1. The molecule has 1 aliphatic rings. The molecule has 3 heteroatoms. The van der Waals surface area contributed by atoms with Gasteiger partial charge in [0.2, 0.25) is 0 Å². The van der Waals surface area contributed by atoms with E-state index >= 15 is 0 Å². The van der Waals surface area contributed by atoms with Gasteiger partial charge in [-0.15, -0.1) is 11.8 Å². The molecule has 3 atom stereocenters. The molecule has 0 heterocycles. The molecule has 0 N–H and O–H groups in total. The molecule has 0 saturated heterocycles. The van der Waals surface area contributed by atoms with Gasteiger partial charge in [0, 0.05) is 15.3 Å². The van der Waals surface area contributed by atoms with Crippen LogP contribution in [0, 0.1) is 17.8 Å². The lowest BCUT2D eigenvalue weighted by atomic mass is 9.74. The number of ketones is 1. The molecule has 0 spiro atoms. The molecule has 2 rings (SSSR count). The van der Waals surface area contributed by atoms with Crippen molar-refractivity contribution in [3.05, 3.63) is 28.7 Å². The van der Waals surface area contributed by atoms with E-state index in [0.717, 1.165) is 23.2 Å². The van der Waals surface area contributed by atoms with E-state index in [-0.39, 0.29) is 0 Å². The van der Waals surface area contributed by atoms with Crippen molar-refractivity contribution < 1.29 is 4.79 Å². The molecular formula is C16H21BrOS. The predicted octanol–water partition coefficient (Wildman–Crippen LogP) is 5.18. The fraction of sp³-hybridized carbons (Fsp3) is 0.562. The monoisotopic (exact) mass is 340 g/mol. The van der Waals surface area contributed by atoms with Crippen LogP contribution in [0.3, 0.4) is 0 Å². The predicted molar refractivity (Wildman–Crippen MR) is 85.5 cm³/mol. The van der Waals surface area contributed by atoms with Crippen molar-refractivity contribution in [3.8, 4) is 0 Å². The van der Waals surface area contributed by atoms with E-state index in [0.29, 0.717) is 23.4 Å². The zero-order valence-electron chi connectivity index (χ0n) is 11.6. The van der Waals surface area contributed by atoms with Crippen molar-refractivity contribution in [3.63, 3.8) is 0 Å². The van der Waals surface area contributed by atoms with Gasteiger partial charge in [0.1, 0.15) is 5.78 Å². The maximum Gasteiger partial charge on any atom is 0.146 e. The van der Waals surface area contributed by atoms with E-state index in [1.807, 2.05) is 12.1 Å². The molecule has 0 amide bonds. The van der Waals surface area contributed by atoms with Gasteiger partial charge in [-0.05, 0) is 49.3 Å². The Morgan fingerprint density at radius 1 is 1.32 bits per heavy atom. The summed E-state index contributed by atoms with van der Waals surface area (Å²) < 4.78 is 1.07. The molecule has 1 saturated carbocycles. The summed E-state index contributed by atoms with van der Waals surface area (Å²) in [5.74, 6) is 2.82. The lowest BCUT2D eigenvalue weighted by Gasteiger charge is -2.31. The van der Waals surface area contributed by atoms with Crippen LogP contribution < -0.4 is 0 Å². The van der Waals surface area contributed by atoms with E-state index in [2.05, 4.69) is 41.9 Å². The average molecular weight is 341 g/mol. The number of halogens is 1. The van der Waals surface area contributed by atoms with Crippen LogP contribution in [0.15, 0.2) is 33.6 Å². The SMILES string of the molecule is CC1CCC(C(=O)CSc2cccc(Br)c2)CC1C. The van der Waals surface area contributed by atoms with E-state index < -0.39 is 0 Å². The van der Waals surface area contributed by atoms with Crippen LogP contribution in [0.1, 0.15) is 33.1 Å². The minimum atomic E-state index is 0.297. The first kappa shape index (κ1) is 15.1. The van der Waals surface area contributed by atoms with E-state index in [4.69, 9.17) is 0 Å². The van der Waals surface area contributed by atoms with Crippen LogP contribution in [0.4, 0.5) is 0 Å². The summed E-state index contributed by atoms with van der Waals surface area (Å²) in [6.45, 7) is 4.59. The summed E-state index contributed by atoms with van der Waals surface area (Å²) in [5.41, 5.74) is 0. The average Bonchev–Trinajstić information content (AvgIpc) is 2.39. The number of hydrogen-bond acceptors (Lipinski definition) is 2. The van der Waals surface area contributed by atoms with E-state index in [1.54, 1.807) is 11.8 Å². The van der Waals surface area contributed by atoms with Crippen molar-refractivity contribution in [2.24, 2.45) is 17.8 Å². The molecule has 0 aromatic heterocycles. The van der Waals surface area contributed by atoms with Gasteiger partial charge in [0.05, 0.1) is 5.75 Å². The first-order valence-corrected chi connectivity index (χ1v) is 8.75. The van der Waals surface area contributed by atoms with Crippen molar-refractivity contribution in [2.45, 2.75) is 38.0 Å². The molecule has 1 aromatic carbocycles. The van der Waals surface area contributed by atoms with Crippen molar-refractivity contribution in [2.75, 3.05) is 5.75 Å². The lowest BCUT2D eigenvalue weighted by molar-refractivity contribution is -0.122. The topological polar surface area (TPSA) is 17.1 Å². The Hall–Kier alpha value is -0.280. The number of hydrogen-bond donors (Lipinski definition) is 0. The van der Waals surface area contributed by atoms with Crippen LogP contribution in [0.2, 0.25) is 0 Å². The minimum Gasteiger partial charge on any atom is -0.298 e. The molecule has 1 aliphatic carbocycles. The van der Waals surface area contributed by atoms with Gasteiger partial charge in [0.15, 0.2) is 0 Å². The highest BCUT2D eigenvalue weighted by Crippen LogP contribution is 2.34. The third-order valence-corrected chi connectivity index (χ3v) is 5.74. The molecule has 3 unspecified atom stereocenters. The van der Waals surface area contributed by atoms with Gasteiger partial charge >= 0.3 is 0 Å². The summed E-state index contributed by atoms with van der Waals surface area (Å²) in [5, 5.41) is 0. The van der Waals surface area contributed by atoms with Crippen molar-refractivity contribution in [1.29, 1.82) is 0 Å². The Kier molecular flexibility index (Phi) is 5.52. The molecule has 1 aromatic rings. The Morgan fingerprint density at radius 3 is 2.79 bits per heavy atom. The second-order valence-corrected chi connectivity index (χ2v) is 7.64. The summed E-state index contributed by atoms with van der Waals surface area (Å²) in [7, 11) is 0. The van der Waals surface area contributed by atoms with Crippen LogP contribution in [-0.2, 0) is 4.79 Å². The number of carbonyl (C=O) groups is 1. The zero-order valence-corrected chi connectivity index (χ0v) is 14.0. The highest BCUT2D eigenvalue weighted by molar-refractivity contribution is 9.10. The van der Waals surface area contributed by atoms with E-state index in [1.165, 1.54) is 11.3 Å². The summed E-state index contributed by atoms with van der Waals surface area (Å²) >= 11 is 5.12. The first-order chi connectivity index (χ1) is 9.06. The molecule has 1 nitrogen and oxygen atoms in total. The Bertz CT molecular complexity index is 446. The Morgan fingerprint density at radius 2 is 2.11 bits per heavy atom. The standard InChI is InChI=1S/C16H21BrOS/c1-11-6-7-13(8-12(11)2)16(18)10-19-15-5-3-4-14(17)9-15/h3-5,9,11-13H,6-8,10H2,1-2H3. The fourth-order valence-electron chi connectivity index (χ4n) is 2.67. The Balaban J connectivity index is 1.84. The molecule has 104 valence electrons. The number of benzene rings is 1. The van der Waals surface area contributed by atoms with Gasteiger partial charge in [-0.3, -0.25) is 4.79 Å². The lowest BCUT2D eigenvalue weighted by Crippen LogP contribution is -2.27. The summed E-state index contributed by atoms with van der Waals surface area (Å²) in [6, 6.07) is 8.16. The van der Waals surface area contributed by atoms with Gasteiger partial charge in [-0.25, -0.2) is 0 Å². The van der Waals surface area contributed by atoms with Gasteiger partial charge in [0.25, 0.3) is 0 Å². The first-order valence-electron chi connectivity index (χ1n) is 6.97. The van der Waals surface area contributed by atoms with Crippen LogP contribution in [0.5, 0.6) is 0 Å². The molecule has 1 fully saturated rings. The van der Waals surface area contributed by atoms with Gasteiger partial charge in [-0.1, -0.05) is 35.8 Å². The number of thioether (sulfide) groups is 1. The maximum atomic E-state index is 12.3. The van der Waals surface area contributed by atoms with Crippen LogP contribution in [0.25, 0.3) is 0 Å². The second-order valence-electron chi connectivity index (χ2n) is 5.68. The van der Waals surface area contributed by atoms with Gasteiger partial charge < -0.3 is 0 Å². The van der Waals surface area contributed by atoms with E-state index in [9.17, 15) is 4.79 Å².